The highest BCUT2D eigenvalue weighted by Gasteiger charge is 2.14. The molecular formula is C10H14FNO2. The van der Waals surface area contributed by atoms with Gasteiger partial charge in [0.05, 0.1) is 19.3 Å². The Morgan fingerprint density at radius 2 is 2.14 bits per heavy atom. The molecule has 0 aliphatic heterocycles. The number of aliphatic hydroxyl groups excluding tert-OH is 1. The lowest BCUT2D eigenvalue weighted by molar-refractivity contribution is 0.164. The number of benzene rings is 1. The van der Waals surface area contributed by atoms with E-state index in [0.29, 0.717) is 5.56 Å². The summed E-state index contributed by atoms with van der Waals surface area (Å²) < 4.78 is 17.8. The van der Waals surface area contributed by atoms with E-state index < -0.39 is 18.0 Å². The number of rotatable bonds is 3. The minimum Gasteiger partial charge on any atom is -0.494 e. The second-order valence-electron chi connectivity index (χ2n) is 3.16. The zero-order valence-electron chi connectivity index (χ0n) is 8.20. The first-order valence-electron chi connectivity index (χ1n) is 4.33. The molecule has 0 aromatic heterocycles. The number of hydrogen-bond acceptors (Lipinski definition) is 3. The average molecular weight is 199 g/mol. The molecular weight excluding hydrogens is 185 g/mol. The van der Waals surface area contributed by atoms with Gasteiger partial charge in [0, 0.05) is 0 Å². The molecule has 4 heteroatoms. The molecule has 0 radical (unpaired) electrons. The van der Waals surface area contributed by atoms with Gasteiger partial charge in [-0.05, 0) is 24.6 Å². The van der Waals surface area contributed by atoms with Crippen LogP contribution in [0.1, 0.15) is 18.5 Å². The Balaban J connectivity index is 3.00. The number of ether oxygens (including phenoxy) is 1. The van der Waals surface area contributed by atoms with Crippen molar-refractivity contribution in [3.63, 3.8) is 0 Å². The molecule has 0 heterocycles. The van der Waals surface area contributed by atoms with Crippen LogP contribution in [0.3, 0.4) is 0 Å². The van der Waals surface area contributed by atoms with Crippen LogP contribution in [0, 0.1) is 5.82 Å². The van der Waals surface area contributed by atoms with E-state index in [1.807, 2.05) is 0 Å². The maximum absolute atomic E-state index is 13.0. The van der Waals surface area contributed by atoms with Gasteiger partial charge in [0.2, 0.25) is 0 Å². The minimum absolute atomic E-state index is 0.138. The highest BCUT2D eigenvalue weighted by Crippen LogP contribution is 2.22. The lowest BCUT2D eigenvalue weighted by Gasteiger charge is -2.15. The molecule has 0 fully saturated rings. The molecule has 2 unspecified atom stereocenters. The molecule has 0 amide bonds. The SMILES string of the molecule is COc1cc(C(N)C(C)O)ccc1F. The summed E-state index contributed by atoms with van der Waals surface area (Å²) in [5, 5.41) is 9.25. The van der Waals surface area contributed by atoms with Gasteiger partial charge in [-0.3, -0.25) is 0 Å². The van der Waals surface area contributed by atoms with Crippen molar-refractivity contribution in [2.75, 3.05) is 7.11 Å². The predicted molar refractivity (Wildman–Crippen MR) is 51.6 cm³/mol. The van der Waals surface area contributed by atoms with E-state index in [-0.39, 0.29) is 5.75 Å². The van der Waals surface area contributed by atoms with Crippen molar-refractivity contribution < 1.29 is 14.2 Å². The molecule has 0 spiro atoms. The zero-order chi connectivity index (χ0) is 10.7. The highest BCUT2D eigenvalue weighted by molar-refractivity contribution is 5.32. The summed E-state index contributed by atoms with van der Waals surface area (Å²) in [5.41, 5.74) is 6.33. The third-order valence-corrected chi connectivity index (χ3v) is 2.08. The van der Waals surface area contributed by atoms with Crippen LogP contribution in [0.4, 0.5) is 4.39 Å². The van der Waals surface area contributed by atoms with Crippen molar-refractivity contribution >= 4 is 0 Å². The van der Waals surface area contributed by atoms with Gasteiger partial charge >= 0.3 is 0 Å². The quantitative estimate of drug-likeness (QED) is 0.769. The maximum Gasteiger partial charge on any atom is 0.165 e. The van der Waals surface area contributed by atoms with Gasteiger partial charge < -0.3 is 15.6 Å². The molecule has 0 saturated carbocycles. The van der Waals surface area contributed by atoms with Gasteiger partial charge in [-0.2, -0.15) is 0 Å². The third-order valence-electron chi connectivity index (χ3n) is 2.08. The first-order chi connectivity index (χ1) is 6.56. The normalized spacial score (nSPS) is 14.9. The Kier molecular flexibility index (Phi) is 3.43. The summed E-state index contributed by atoms with van der Waals surface area (Å²) in [5.74, 6) is -0.298. The zero-order valence-corrected chi connectivity index (χ0v) is 8.20. The smallest absolute Gasteiger partial charge is 0.165 e. The minimum atomic E-state index is -0.676. The van der Waals surface area contributed by atoms with Crippen molar-refractivity contribution in [2.24, 2.45) is 5.73 Å². The number of hydrogen-bond donors (Lipinski definition) is 2. The number of methoxy groups -OCH3 is 1. The van der Waals surface area contributed by atoms with Crippen molar-refractivity contribution in [2.45, 2.75) is 19.1 Å². The predicted octanol–water partition coefficient (Wildman–Crippen LogP) is 1.21. The molecule has 2 atom stereocenters. The Labute approximate surface area is 82.3 Å². The number of aliphatic hydroxyl groups is 1. The number of nitrogens with two attached hydrogens (primary N) is 1. The third kappa shape index (κ3) is 2.21. The lowest BCUT2D eigenvalue weighted by Crippen LogP contribution is -2.23. The summed E-state index contributed by atoms with van der Waals surface area (Å²) in [6.07, 6.45) is -0.676. The molecule has 3 N–H and O–H groups in total. The van der Waals surface area contributed by atoms with Crippen LogP contribution in [0.15, 0.2) is 18.2 Å². The molecule has 3 nitrogen and oxygen atoms in total. The van der Waals surface area contributed by atoms with E-state index in [4.69, 9.17) is 10.5 Å². The first kappa shape index (κ1) is 10.9. The fraction of sp³-hybridized carbons (Fsp3) is 0.400. The molecule has 0 bridgehead atoms. The standard InChI is InChI=1S/C10H14FNO2/c1-6(13)10(12)7-3-4-8(11)9(5-7)14-2/h3-6,10,13H,12H2,1-2H3. The summed E-state index contributed by atoms with van der Waals surface area (Å²) >= 11 is 0. The summed E-state index contributed by atoms with van der Waals surface area (Å²) in [6, 6.07) is 3.78. The van der Waals surface area contributed by atoms with Gasteiger partial charge in [-0.25, -0.2) is 4.39 Å². The Bertz CT molecular complexity index is 315. The Morgan fingerprint density at radius 3 is 2.64 bits per heavy atom. The van der Waals surface area contributed by atoms with Gasteiger partial charge in [-0.15, -0.1) is 0 Å². The van der Waals surface area contributed by atoms with Gasteiger partial charge in [0.15, 0.2) is 11.6 Å². The second kappa shape index (κ2) is 4.39. The maximum atomic E-state index is 13.0. The van der Waals surface area contributed by atoms with Crippen LogP contribution in [-0.2, 0) is 0 Å². The van der Waals surface area contributed by atoms with E-state index >= 15 is 0 Å². The van der Waals surface area contributed by atoms with E-state index in [0.717, 1.165) is 0 Å². The van der Waals surface area contributed by atoms with Crippen LogP contribution >= 0.6 is 0 Å². The first-order valence-corrected chi connectivity index (χ1v) is 4.33. The van der Waals surface area contributed by atoms with E-state index in [2.05, 4.69) is 0 Å². The van der Waals surface area contributed by atoms with Crippen molar-refractivity contribution in [1.82, 2.24) is 0 Å². The van der Waals surface area contributed by atoms with Crippen LogP contribution in [0.5, 0.6) is 5.75 Å². The molecule has 1 aromatic rings. The van der Waals surface area contributed by atoms with Crippen molar-refractivity contribution in [3.8, 4) is 5.75 Å². The van der Waals surface area contributed by atoms with Gasteiger partial charge in [0.25, 0.3) is 0 Å². The molecule has 78 valence electrons. The molecule has 0 saturated heterocycles. The molecule has 1 aromatic carbocycles. The average Bonchev–Trinajstić information content (AvgIpc) is 2.17. The van der Waals surface area contributed by atoms with Crippen molar-refractivity contribution in [1.29, 1.82) is 0 Å². The second-order valence-corrected chi connectivity index (χ2v) is 3.16. The fourth-order valence-corrected chi connectivity index (χ4v) is 1.16. The topological polar surface area (TPSA) is 55.5 Å². The van der Waals surface area contributed by atoms with Crippen LogP contribution < -0.4 is 10.5 Å². The summed E-state index contributed by atoms with van der Waals surface area (Å²) in [7, 11) is 1.39. The largest absolute Gasteiger partial charge is 0.494 e. The van der Waals surface area contributed by atoms with Crippen LogP contribution in [-0.4, -0.2) is 18.3 Å². The Hall–Kier alpha value is -1.13. The molecule has 14 heavy (non-hydrogen) atoms. The van der Waals surface area contributed by atoms with Crippen LogP contribution in [0.25, 0.3) is 0 Å². The molecule has 1 rings (SSSR count). The molecule has 0 aliphatic carbocycles. The number of halogens is 1. The van der Waals surface area contributed by atoms with E-state index in [9.17, 15) is 9.50 Å². The lowest BCUT2D eigenvalue weighted by atomic mass is 10.0. The van der Waals surface area contributed by atoms with Crippen LogP contribution in [0.2, 0.25) is 0 Å². The van der Waals surface area contributed by atoms with Gasteiger partial charge in [-0.1, -0.05) is 6.07 Å². The Morgan fingerprint density at radius 1 is 1.50 bits per heavy atom. The van der Waals surface area contributed by atoms with Crippen molar-refractivity contribution in [3.05, 3.63) is 29.6 Å². The highest BCUT2D eigenvalue weighted by atomic mass is 19.1. The van der Waals surface area contributed by atoms with Gasteiger partial charge in [0.1, 0.15) is 0 Å². The fourth-order valence-electron chi connectivity index (χ4n) is 1.16. The summed E-state index contributed by atoms with van der Waals surface area (Å²) in [6.45, 7) is 1.58. The monoisotopic (exact) mass is 199 g/mol. The van der Waals surface area contributed by atoms with E-state index in [1.165, 1.54) is 25.3 Å². The molecule has 0 aliphatic rings. The van der Waals surface area contributed by atoms with E-state index in [1.54, 1.807) is 6.92 Å². The summed E-state index contributed by atoms with van der Waals surface area (Å²) in [4.78, 5) is 0.